The molecule has 1 aliphatic heterocycles. The maximum atomic E-state index is 12.1. The van der Waals surface area contributed by atoms with Gasteiger partial charge >= 0.3 is 0 Å². The summed E-state index contributed by atoms with van der Waals surface area (Å²) in [5.41, 5.74) is 1.85. The van der Waals surface area contributed by atoms with Gasteiger partial charge in [0.15, 0.2) is 0 Å². The number of hydrogen-bond donors (Lipinski definition) is 0. The third-order valence-electron chi connectivity index (χ3n) is 2.75. The smallest absolute Gasteiger partial charge is 0.260 e. The van der Waals surface area contributed by atoms with Crippen molar-refractivity contribution in [2.45, 2.75) is 6.54 Å². The number of amides is 1. The highest BCUT2D eigenvalue weighted by molar-refractivity contribution is 6.09. The van der Waals surface area contributed by atoms with E-state index >= 15 is 0 Å². The van der Waals surface area contributed by atoms with Crippen molar-refractivity contribution in [3.8, 4) is 0 Å². The Morgan fingerprint density at radius 3 is 2.62 bits per heavy atom. The van der Waals surface area contributed by atoms with Crippen LogP contribution in [0.5, 0.6) is 0 Å². The number of benzene rings is 1. The van der Waals surface area contributed by atoms with Gasteiger partial charge in [-0.2, -0.15) is 0 Å². The maximum absolute atomic E-state index is 12.1. The fourth-order valence-electron chi connectivity index (χ4n) is 1.95. The second-order valence-corrected chi connectivity index (χ2v) is 3.74. The molecule has 0 saturated carbocycles. The van der Waals surface area contributed by atoms with Gasteiger partial charge in [0.1, 0.15) is 5.82 Å². The number of fused-ring (bicyclic) bond motifs is 1. The Hall–Kier alpha value is -2.16. The number of rotatable bonds is 1. The fraction of sp³-hybridized carbons (Fsp3) is 0.0769. The van der Waals surface area contributed by atoms with Gasteiger partial charge in [0.05, 0.1) is 6.54 Å². The largest absolute Gasteiger partial charge is 0.288 e. The normalized spacial score (nSPS) is 14.0. The van der Waals surface area contributed by atoms with Crippen molar-refractivity contribution in [2.75, 3.05) is 4.90 Å². The SMILES string of the molecule is O=C1c2ccccc2CN1c1ccccn1. The van der Waals surface area contributed by atoms with Crippen molar-refractivity contribution >= 4 is 11.7 Å². The molecule has 3 heteroatoms. The van der Waals surface area contributed by atoms with Gasteiger partial charge in [-0.25, -0.2) is 4.98 Å². The molecule has 0 aliphatic carbocycles. The molecule has 1 aromatic carbocycles. The van der Waals surface area contributed by atoms with Crippen LogP contribution in [0.25, 0.3) is 0 Å². The molecule has 16 heavy (non-hydrogen) atoms. The van der Waals surface area contributed by atoms with Crippen molar-refractivity contribution in [3.63, 3.8) is 0 Å². The number of aromatic nitrogens is 1. The van der Waals surface area contributed by atoms with E-state index in [1.54, 1.807) is 11.1 Å². The van der Waals surface area contributed by atoms with E-state index in [9.17, 15) is 4.79 Å². The van der Waals surface area contributed by atoms with E-state index in [0.717, 1.165) is 11.1 Å². The molecule has 2 heterocycles. The Kier molecular flexibility index (Phi) is 1.96. The van der Waals surface area contributed by atoms with E-state index in [2.05, 4.69) is 4.98 Å². The summed E-state index contributed by atoms with van der Waals surface area (Å²) in [6.07, 6.45) is 1.70. The molecular formula is C13H10N2O. The third-order valence-corrected chi connectivity index (χ3v) is 2.75. The number of pyridine rings is 1. The number of carbonyl (C=O) groups is 1. The first-order valence-electron chi connectivity index (χ1n) is 5.17. The Bertz CT molecular complexity index is 537. The summed E-state index contributed by atoms with van der Waals surface area (Å²) in [4.78, 5) is 18.0. The summed E-state index contributed by atoms with van der Waals surface area (Å²) in [5.74, 6) is 0.748. The minimum atomic E-state index is 0.0364. The van der Waals surface area contributed by atoms with E-state index < -0.39 is 0 Å². The summed E-state index contributed by atoms with van der Waals surface area (Å²) >= 11 is 0. The molecule has 0 unspecified atom stereocenters. The predicted molar refractivity (Wildman–Crippen MR) is 61.2 cm³/mol. The van der Waals surface area contributed by atoms with Gasteiger partial charge in [0.2, 0.25) is 0 Å². The Labute approximate surface area is 93.4 Å². The summed E-state index contributed by atoms with van der Waals surface area (Å²) in [5, 5.41) is 0. The van der Waals surface area contributed by atoms with Crippen LogP contribution in [0.1, 0.15) is 15.9 Å². The molecule has 1 amide bonds. The first kappa shape index (κ1) is 9.09. The second kappa shape index (κ2) is 3.45. The highest BCUT2D eigenvalue weighted by atomic mass is 16.2. The Balaban J connectivity index is 2.02. The first-order valence-corrected chi connectivity index (χ1v) is 5.17. The van der Waals surface area contributed by atoms with Crippen LogP contribution in [0.4, 0.5) is 5.82 Å². The van der Waals surface area contributed by atoms with E-state index in [0.29, 0.717) is 12.4 Å². The van der Waals surface area contributed by atoms with Crippen LogP contribution in [0.2, 0.25) is 0 Å². The zero-order chi connectivity index (χ0) is 11.0. The van der Waals surface area contributed by atoms with Crippen LogP contribution in [-0.2, 0) is 6.54 Å². The molecule has 0 spiro atoms. The molecule has 1 aromatic heterocycles. The van der Waals surface area contributed by atoms with Gasteiger partial charge in [-0.1, -0.05) is 24.3 Å². The quantitative estimate of drug-likeness (QED) is 0.723. The van der Waals surface area contributed by atoms with Crippen LogP contribution in [0.3, 0.4) is 0 Å². The van der Waals surface area contributed by atoms with E-state index in [1.807, 2.05) is 42.5 Å². The van der Waals surface area contributed by atoms with Gasteiger partial charge in [-0.3, -0.25) is 9.69 Å². The molecule has 0 fully saturated rings. The number of anilines is 1. The molecule has 0 N–H and O–H groups in total. The monoisotopic (exact) mass is 210 g/mol. The van der Waals surface area contributed by atoms with Gasteiger partial charge in [-0.05, 0) is 23.8 Å². The first-order chi connectivity index (χ1) is 7.86. The highest BCUT2D eigenvalue weighted by Gasteiger charge is 2.28. The van der Waals surface area contributed by atoms with Crippen LogP contribution in [-0.4, -0.2) is 10.9 Å². The lowest BCUT2D eigenvalue weighted by atomic mass is 10.1. The van der Waals surface area contributed by atoms with Gasteiger partial charge < -0.3 is 0 Å². The summed E-state index contributed by atoms with van der Waals surface area (Å²) in [6.45, 7) is 0.617. The van der Waals surface area contributed by atoms with E-state index in [4.69, 9.17) is 0 Å². The topological polar surface area (TPSA) is 33.2 Å². The lowest BCUT2D eigenvalue weighted by molar-refractivity contribution is 0.0996. The zero-order valence-corrected chi connectivity index (χ0v) is 8.63. The Morgan fingerprint density at radius 1 is 1.06 bits per heavy atom. The van der Waals surface area contributed by atoms with Crippen molar-refractivity contribution in [1.29, 1.82) is 0 Å². The molecule has 1 aliphatic rings. The summed E-state index contributed by atoms with van der Waals surface area (Å²) < 4.78 is 0. The molecular weight excluding hydrogens is 200 g/mol. The fourth-order valence-corrected chi connectivity index (χ4v) is 1.95. The molecule has 0 atom stereocenters. The lowest BCUT2D eigenvalue weighted by Gasteiger charge is -2.13. The summed E-state index contributed by atoms with van der Waals surface area (Å²) in [6, 6.07) is 13.3. The third kappa shape index (κ3) is 1.29. The van der Waals surface area contributed by atoms with Crippen LogP contribution in [0, 0.1) is 0 Å². The number of carbonyl (C=O) groups excluding carboxylic acids is 1. The minimum Gasteiger partial charge on any atom is -0.288 e. The van der Waals surface area contributed by atoms with E-state index in [1.165, 1.54) is 0 Å². The molecule has 2 aromatic rings. The van der Waals surface area contributed by atoms with Crippen LogP contribution < -0.4 is 4.90 Å². The van der Waals surface area contributed by atoms with Crippen molar-refractivity contribution in [2.24, 2.45) is 0 Å². The molecule has 78 valence electrons. The van der Waals surface area contributed by atoms with Crippen LogP contribution >= 0.6 is 0 Å². The van der Waals surface area contributed by atoms with Crippen molar-refractivity contribution < 1.29 is 4.79 Å². The average molecular weight is 210 g/mol. The zero-order valence-electron chi connectivity index (χ0n) is 8.63. The van der Waals surface area contributed by atoms with Crippen molar-refractivity contribution in [3.05, 3.63) is 59.8 Å². The van der Waals surface area contributed by atoms with Crippen molar-refractivity contribution in [1.82, 2.24) is 4.98 Å². The molecule has 0 radical (unpaired) electrons. The minimum absolute atomic E-state index is 0.0364. The number of hydrogen-bond acceptors (Lipinski definition) is 2. The maximum Gasteiger partial charge on any atom is 0.260 e. The van der Waals surface area contributed by atoms with Crippen LogP contribution in [0.15, 0.2) is 48.7 Å². The number of nitrogens with zero attached hydrogens (tertiary/aromatic N) is 2. The van der Waals surface area contributed by atoms with Gasteiger partial charge in [0.25, 0.3) is 5.91 Å². The Morgan fingerprint density at radius 2 is 1.88 bits per heavy atom. The molecule has 0 saturated heterocycles. The van der Waals surface area contributed by atoms with E-state index in [-0.39, 0.29) is 5.91 Å². The van der Waals surface area contributed by atoms with Gasteiger partial charge in [0, 0.05) is 11.8 Å². The summed E-state index contributed by atoms with van der Waals surface area (Å²) in [7, 11) is 0. The molecule has 3 nitrogen and oxygen atoms in total. The predicted octanol–water partition coefficient (Wildman–Crippen LogP) is 2.24. The average Bonchev–Trinajstić information content (AvgIpc) is 2.69. The standard InChI is InChI=1S/C13H10N2O/c16-13-11-6-2-1-5-10(11)9-15(13)12-7-3-4-8-14-12/h1-8H,9H2. The second-order valence-electron chi connectivity index (χ2n) is 3.74. The lowest BCUT2D eigenvalue weighted by Crippen LogP contribution is -2.23. The molecule has 0 bridgehead atoms. The van der Waals surface area contributed by atoms with Gasteiger partial charge in [-0.15, -0.1) is 0 Å². The molecule has 3 rings (SSSR count). The highest BCUT2D eigenvalue weighted by Crippen LogP contribution is 2.26.